The van der Waals surface area contributed by atoms with Gasteiger partial charge in [0.2, 0.25) is 0 Å². The highest BCUT2D eigenvalue weighted by Gasteiger charge is 2.10. The number of nitriles is 1. The maximum absolute atomic E-state index is 9.09. The van der Waals surface area contributed by atoms with E-state index in [2.05, 4.69) is 21.4 Å². The van der Waals surface area contributed by atoms with Crippen molar-refractivity contribution in [3.05, 3.63) is 60.2 Å². The zero-order chi connectivity index (χ0) is 11.9. The minimum atomic E-state index is -0.392. The fourth-order valence-corrected chi connectivity index (χ4v) is 1.49. The second kappa shape index (κ2) is 5.73. The van der Waals surface area contributed by atoms with Crippen LogP contribution in [0.1, 0.15) is 17.3 Å². The molecule has 1 N–H and O–H groups in total. The van der Waals surface area contributed by atoms with E-state index in [4.69, 9.17) is 5.26 Å². The first-order valence-electron chi connectivity index (χ1n) is 5.33. The van der Waals surface area contributed by atoms with Crippen molar-refractivity contribution in [2.75, 3.05) is 0 Å². The SMILES string of the molecule is N#CC(NCc1cccnc1)c1ccccn1. The molecule has 1 unspecified atom stereocenters. The molecule has 0 aromatic carbocycles. The lowest BCUT2D eigenvalue weighted by molar-refractivity contribution is 0.615. The van der Waals surface area contributed by atoms with Crippen LogP contribution in [-0.4, -0.2) is 9.97 Å². The lowest BCUT2D eigenvalue weighted by Crippen LogP contribution is -2.20. The molecule has 0 fully saturated rings. The Bertz CT molecular complexity index is 490. The molecule has 4 nitrogen and oxygen atoms in total. The Morgan fingerprint density at radius 2 is 2.18 bits per heavy atom. The number of rotatable bonds is 4. The topological polar surface area (TPSA) is 61.6 Å². The van der Waals surface area contributed by atoms with Crippen LogP contribution in [0.3, 0.4) is 0 Å². The third-order valence-electron chi connectivity index (χ3n) is 2.35. The number of pyridine rings is 2. The van der Waals surface area contributed by atoms with Gasteiger partial charge in [0.05, 0.1) is 11.8 Å². The normalized spacial score (nSPS) is 11.7. The fraction of sp³-hybridized carbons (Fsp3) is 0.154. The molecular weight excluding hydrogens is 212 g/mol. The third-order valence-corrected chi connectivity index (χ3v) is 2.35. The lowest BCUT2D eigenvalue weighted by atomic mass is 10.2. The van der Waals surface area contributed by atoms with Gasteiger partial charge in [0, 0.05) is 25.1 Å². The number of hydrogen-bond acceptors (Lipinski definition) is 4. The van der Waals surface area contributed by atoms with Crippen molar-refractivity contribution in [3.8, 4) is 6.07 Å². The van der Waals surface area contributed by atoms with Crippen LogP contribution in [0, 0.1) is 11.3 Å². The Hall–Kier alpha value is -2.25. The number of aromatic nitrogens is 2. The molecule has 0 saturated heterocycles. The van der Waals surface area contributed by atoms with Crippen molar-refractivity contribution >= 4 is 0 Å². The summed E-state index contributed by atoms with van der Waals surface area (Å²) in [6.07, 6.45) is 5.19. The number of nitrogens with one attached hydrogen (secondary N) is 1. The van der Waals surface area contributed by atoms with Gasteiger partial charge in [-0.1, -0.05) is 12.1 Å². The summed E-state index contributed by atoms with van der Waals surface area (Å²) in [4.78, 5) is 8.18. The largest absolute Gasteiger partial charge is 0.293 e. The molecule has 0 aliphatic carbocycles. The van der Waals surface area contributed by atoms with Gasteiger partial charge in [0.15, 0.2) is 0 Å². The average molecular weight is 224 g/mol. The quantitative estimate of drug-likeness (QED) is 0.860. The Morgan fingerprint density at radius 1 is 1.24 bits per heavy atom. The maximum Gasteiger partial charge on any atom is 0.138 e. The van der Waals surface area contributed by atoms with Crippen molar-refractivity contribution in [2.24, 2.45) is 0 Å². The minimum Gasteiger partial charge on any atom is -0.293 e. The van der Waals surface area contributed by atoms with Crippen LogP contribution in [0.2, 0.25) is 0 Å². The van der Waals surface area contributed by atoms with E-state index in [9.17, 15) is 0 Å². The highest BCUT2D eigenvalue weighted by atomic mass is 14.9. The van der Waals surface area contributed by atoms with Crippen molar-refractivity contribution in [3.63, 3.8) is 0 Å². The predicted octanol–water partition coefficient (Wildman–Crippen LogP) is 1.83. The molecule has 2 aromatic heterocycles. The highest BCUT2D eigenvalue weighted by molar-refractivity contribution is 5.16. The zero-order valence-corrected chi connectivity index (χ0v) is 9.24. The summed E-state index contributed by atoms with van der Waals surface area (Å²) in [7, 11) is 0. The molecule has 1 atom stereocenters. The molecule has 2 aromatic rings. The van der Waals surface area contributed by atoms with Crippen molar-refractivity contribution in [2.45, 2.75) is 12.6 Å². The van der Waals surface area contributed by atoms with Crippen LogP contribution in [0.4, 0.5) is 0 Å². The van der Waals surface area contributed by atoms with Gasteiger partial charge in [-0.15, -0.1) is 0 Å². The molecule has 0 radical (unpaired) electrons. The van der Waals surface area contributed by atoms with Gasteiger partial charge >= 0.3 is 0 Å². The van der Waals surface area contributed by atoms with Gasteiger partial charge in [-0.2, -0.15) is 5.26 Å². The second-order valence-electron chi connectivity index (χ2n) is 3.56. The van der Waals surface area contributed by atoms with E-state index in [0.717, 1.165) is 11.3 Å². The third kappa shape index (κ3) is 3.10. The van der Waals surface area contributed by atoms with Gasteiger partial charge in [-0.25, -0.2) is 0 Å². The first-order valence-corrected chi connectivity index (χ1v) is 5.33. The van der Waals surface area contributed by atoms with Crippen molar-refractivity contribution in [1.29, 1.82) is 5.26 Å². The van der Waals surface area contributed by atoms with Crippen LogP contribution in [0.5, 0.6) is 0 Å². The summed E-state index contributed by atoms with van der Waals surface area (Å²) in [6.45, 7) is 0.600. The molecule has 0 spiro atoms. The highest BCUT2D eigenvalue weighted by Crippen LogP contribution is 2.09. The molecule has 0 aliphatic heterocycles. The van der Waals surface area contributed by atoms with E-state index in [0.29, 0.717) is 6.54 Å². The molecule has 4 heteroatoms. The molecule has 0 saturated carbocycles. The first kappa shape index (κ1) is 11.2. The Labute approximate surface area is 100.0 Å². The van der Waals surface area contributed by atoms with Gasteiger partial charge in [0.25, 0.3) is 0 Å². The Kier molecular flexibility index (Phi) is 3.79. The van der Waals surface area contributed by atoms with Crippen LogP contribution < -0.4 is 5.32 Å². The van der Waals surface area contributed by atoms with Gasteiger partial charge in [-0.3, -0.25) is 15.3 Å². The van der Waals surface area contributed by atoms with Crippen LogP contribution in [0.25, 0.3) is 0 Å². The van der Waals surface area contributed by atoms with E-state index in [1.54, 1.807) is 18.6 Å². The minimum absolute atomic E-state index is 0.392. The molecule has 0 aliphatic rings. The first-order chi connectivity index (χ1) is 8.40. The molecule has 0 bridgehead atoms. The van der Waals surface area contributed by atoms with Gasteiger partial charge < -0.3 is 0 Å². The summed E-state index contributed by atoms with van der Waals surface area (Å²) in [5.74, 6) is 0. The average Bonchev–Trinajstić information content (AvgIpc) is 2.42. The summed E-state index contributed by atoms with van der Waals surface area (Å²) < 4.78 is 0. The molecule has 2 heterocycles. The van der Waals surface area contributed by atoms with E-state index >= 15 is 0 Å². The smallest absolute Gasteiger partial charge is 0.138 e. The van der Waals surface area contributed by atoms with E-state index in [1.165, 1.54) is 0 Å². The summed E-state index contributed by atoms with van der Waals surface area (Å²) in [5.41, 5.74) is 1.78. The predicted molar refractivity (Wildman–Crippen MR) is 63.7 cm³/mol. The monoisotopic (exact) mass is 224 g/mol. The standard InChI is InChI=1S/C13H12N4/c14-8-13(12-5-1-2-7-16-12)17-10-11-4-3-6-15-9-11/h1-7,9,13,17H,10H2. The van der Waals surface area contributed by atoms with Gasteiger partial charge in [0.1, 0.15) is 6.04 Å². The van der Waals surface area contributed by atoms with E-state index in [1.807, 2.05) is 30.3 Å². The maximum atomic E-state index is 9.09. The van der Waals surface area contributed by atoms with E-state index in [-0.39, 0.29) is 0 Å². The Morgan fingerprint density at radius 3 is 2.82 bits per heavy atom. The van der Waals surface area contributed by atoms with Crippen molar-refractivity contribution in [1.82, 2.24) is 15.3 Å². The summed E-state index contributed by atoms with van der Waals surface area (Å²) in [5, 5.41) is 12.2. The summed E-state index contributed by atoms with van der Waals surface area (Å²) in [6, 6.07) is 11.2. The molecule has 2 rings (SSSR count). The van der Waals surface area contributed by atoms with Gasteiger partial charge in [-0.05, 0) is 23.8 Å². The zero-order valence-electron chi connectivity index (χ0n) is 9.24. The second-order valence-corrected chi connectivity index (χ2v) is 3.56. The molecule has 17 heavy (non-hydrogen) atoms. The molecule has 84 valence electrons. The molecular formula is C13H12N4. The number of hydrogen-bond donors (Lipinski definition) is 1. The Balaban J connectivity index is 2.01. The van der Waals surface area contributed by atoms with Crippen LogP contribution in [0.15, 0.2) is 48.9 Å². The summed E-state index contributed by atoms with van der Waals surface area (Å²) >= 11 is 0. The van der Waals surface area contributed by atoms with Crippen LogP contribution in [-0.2, 0) is 6.54 Å². The van der Waals surface area contributed by atoms with Crippen molar-refractivity contribution < 1.29 is 0 Å². The fourth-order valence-electron chi connectivity index (χ4n) is 1.49. The lowest BCUT2D eigenvalue weighted by Gasteiger charge is -2.10. The van der Waals surface area contributed by atoms with Crippen LogP contribution >= 0.6 is 0 Å². The van der Waals surface area contributed by atoms with E-state index < -0.39 is 6.04 Å². The molecule has 0 amide bonds. The number of nitrogens with zero attached hydrogens (tertiary/aromatic N) is 3.